The van der Waals surface area contributed by atoms with Crippen LogP contribution in [0.15, 0.2) is 15.7 Å². The van der Waals surface area contributed by atoms with E-state index in [1.807, 2.05) is 0 Å². The summed E-state index contributed by atoms with van der Waals surface area (Å²) in [6.45, 7) is 0.730. The van der Waals surface area contributed by atoms with Crippen LogP contribution in [0, 0.1) is 5.92 Å². The molecule has 1 saturated carbocycles. The van der Waals surface area contributed by atoms with E-state index in [9.17, 15) is 9.59 Å². The van der Waals surface area contributed by atoms with Gasteiger partial charge in [0.1, 0.15) is 0 Å². The molecule has 0 spiro atoms. The van der Waals surface area contributed by atoms with Gasteiger partial charge in [0, 0.05) is 24.8 Å². The fourth-order valence-electron chi connectivity index (χ4n) is 1.41. The number of hydrogen-bond acceptors (Lipinski definition) is 3. The van der Waals surface area contributed by atoms with Crippen LogP contribution in [0.4, 0.5) is 0 Å². The van der Waals surface area contributed by atoms with Crippen LogP contribution in [0.2, 0.25) is 0 Å². The molecule has 0 unspecified atom stereocenters. The molecule has 5 heteroatoms. The number of rotatable bonds is 3. The summed E-state index contributed by atoms with van der Waals surface area (Å²) in [5.41, 5.74) is 5.23. The lowest BCUT2D eigenvalue weighted by Crippen LogP contribution is -2.36. The van der Waals surface area contributed by atoms with E-state index < -0.39 is 0 Å². The summed E-state index contributed by atoms with van der Waals surface area (Å²) >= 11 is 0. The molecular formula is C9H13N3O2. The van der Waals surface area contributed by atoms with Gasteiger partial charge in [0.05, 0.1) is 0 Å². The van der Waals surface area contributed by atoms with Gasteiger partial charge in [-0.1, -0.05) is 0 Å². The van der Waals surface area contributed by atoms with Crippen molar-refractivity contribution in [1.29, 1.82) is 0 Å². The molecule has 0 saturated heterocycles. The SMILES string of the molecule is NCc1cc(=O)n(CC2CC2)c(=O)[nH]1. The van der Waals surface area contributed by atoms with Crippen molar-refractivity contribution in [2.75, 3.05) is 0 Å². The summed E-state index contributed by atoms with van der Waals surface area (Å²) in [7, 11) is 0. The van der Waals surface area contributed by atoms with Crippen LogP contribution >= 0.6 is 0 Å². The van der Waals surface area contributed by atoms with E-state index in [1.165, 1.54) is 10.6 Å². The Kier molecular flexibility index (Phi) is 2.25. The molecule has 1 aliphatic carbocycles. The standard InChI is InChI=1S/C9H13N3O2/c10-4-7-3-8(13)12(9(14)11-7)5-6-1-2-6/h3,6H,1-2,4-5,10H2,(H,11,14). The second-order valence-corrected chi connectivity index (χ2v) is 3.70. The summed E-state index contributed by atoms with van der Waals surface area (Å²) in [5, 5.41) is 0. The Bertz CT molecular complexity index is 411. The Morgan fingerprint density at radius 1 is 1.50 bits per heavy atom. The van der Waals surface area contributed by atoms with Gasteiger partial charge in [-0.25, -0.2) is 4.79 Å². The number of nitrogens with zero attached hydrogens (tertiary/aromatic N) is 1. The summed E-state index contributed by atoms with van der Waals surface area (Å²) in [6.07, 6.45) is 2.23. The number of nitrogens with two attached hydrogens (primary N) is 1. The highest BCUT2D eigenvalue weighted by molar-refractivity contribution is 4.99. The highest BCUT2D eigenvalue weighted by Gasteiger charge is 2.23. The molecule has 0 atom stereocenters. The van der Waals surface area contributed by atoms with Gasteiger partial charge < -0.3 is 10.7 Å². The molecular weight excluding hydrogens is 182 g/mol. The van der Waals surface area contributed by atoms with E-state index in [0.29, 0.717) is 18.2 Å². The third kappa shape index (κ3) is 1.77. The lowest BCUT2D eigenvalue weighted by Gasteiger charge is -2.03. The van der Waals surface area contributed by atoms with Crippen molar-refractivity contribution in [3.05, 3.63) is 32.6 Å². The van der Waals surface area contributed by atoms with Crippen molar-refractivity contribution < 1.29 is 0 Å². The summed E-state index contributed by atoms with van der Waals surface area (Å²) in [4.78, 5) is 25.5. The van der Waals surface area contributed by atoms with Crippen molar-refractivity contribution in [1.82, 2.24) is 9.55 Å². The first-order valence-electron chi connectivity index (χ1n) is 4.74. The number of nitrogens with one attached hydrogen (secondary N) is 1. The summed E-state index contributed by atoms with van der Waals surface area (Å²) in [6, 6.07) is 1.39. The molecule has 1 fully saturated rings. The van der Waals surface area contributed by atoms with Crippen molar-refractivity contribution in [2.45, 2.75) is 25.9 Å². The van der Waals surface area contributed by atoms with E-state index in [0.717, 1.165) is 12.8 Å². The molecule has 1 heterocycles. The molecule has 3 N–H and O–H groups in total. The quantitative estimate of drug-likeness (QED) is 0.676. The third-order valence-electron chi connectivity index (χ3n) is 2.43. The van der Waals surface area contributed by atoms with Gasteiger partial charge in [-0.15, -0.1) is 0 Å². The zero-order valence-electron chi connectivity index (χ0n) is 7.82. The molecule has 1 aliphatic rings. The summed E-state index contributed by atoms with van der Waals surface area (Å²) in [5.74, 6) is 0.512. The Balaban J connectivity index is 2.38. The van der Waals surface area contributed by atoms with E-state index in [1.54, 1.807) is 0 Å². The lowest BCUT2D eigenvalue weighted by molar-refractivity contribution is 0.570. The lowest BCUT2D eigenvalue weighted by atomic mass is 10.4. The van der Waals surface area contributed by atoms with Gasteiger partial charge >= 0.3 is 5.69 Å². The average Bonchev–Trinajstić information content (AvgIpc) is 2.94. The van der Waals surface area contributed by atoms with E-state index >= 15 is 0 Å². The maximum Gasteiger partial charge on any atom is 0.328 e. The molecule has 0 aromatic carbocycles. The van der Waals surface area contributed by atoms with Crippen molar-refractivity contribution in [3.63, 3.8) is 0 Å². The summed E-state index contributed by atoms with van der Waals surface area (Å²) < 4.78 is 1.25. The molecule has 14 heavy (non-hydrogen) atoms. The second-order valence-electron chi connectivity index (χ2n) is 3.70. The minimum absolute atomic E-state index is 0.189. The number of aromatic amines is 1. The molecule has 0 bridgehead atoms. The van der Waals surface area contributed by atoms with Crippen LogP contribution in [-0.4, -0.2) is 9.55 Å². The van der Waals surface area contributed by atoms with Crippen LogP contribution < -0.4 is 17.0 Å². The second kappa shape index (κ2) is 3.42. The van der Waals surface area contributed by atoms with Crippen molar-refractivity contribution >= 4 is 0 Å². The molecule has 0 radical (unpaired) electrons. The minimum Gasteiger partial charge on any atom is -0.325 e. The van der Waals surface area contributed by atoms with Crippen LogP contribution in [-0.2, 0) is 13.1 Å². The van der Waals surface area contributed by atoms with Crippen LogP contribution in [0.5, 0.6) is 0 Å². The Hall–Kier alpha value is -1.36. The smallest absolute Gasteiger partial charge is 0.325 e. The zero-order chi connectivity index (χ0) is 10.1. The van der Waals surface area contributed by atoms with E-state index in [-0.39, 0.29) is 17.8 Å². The largest absolute Gasteiger partial charge is 0.328 e. The predicted octanol–water partition coefficient (Wildman–Crippen LogP) is -0.595. The van der Waals surface area contributed by atoms with Gasteiger partial charge in [-0.05, 0) is 18.8 Å². The fraction of sp³-hybridized carbons (Fsp3) is 0.556. The van der Waals surface area contributed by atoms with Gasteiger partial charge in [0.15, 0.2) is 0 Å². The van der Waals surface area contributed by atoms with Gasteiger partial charge in [0.25, 0.3) is 5.56 Å². The highest BCUT2D eigenvalue weighted by atomic mass is 16.2. The first-order chi connectivity index (χ1) is 6.70. The average molecular weight is 195 g/mol. The number of aromatic nitrogens is 2. The van der Waals surface area contributed by atoms with Crippen molar-refractivity contribution in [2.24, 2.45) is 11.7 Å². The fourth-order valence-corrected chi connectivity index (χ4v) is 1.41. The van der Waals surface area contributed by atoms with Crippen LogP contribution in [0.1, 0.15) is 18.5 Å². The molecule has 5 nitrogen and oxygen atoms in total. The maximum absolute atomic E-state index is 11.5. The van der Waals surface area contributed by atoms with Crippen LogP contribution in [0.3, 0.4) is 0 Å². The van der Waals surface area contributed by atoms with E-state index in [4.69, 9.17) is 5.73 Å². The highest BCUT2D eigenvalue weighted by Crippen LogP contribution is 2.29. The molecule has 0 amide bonds. The number of H-pyrrole nitrogens is 1. The molecule has 76 valence electrons. The van der Waals surface area contributed by atoms with Gasteiger partial charge in [-0.3, -0.25) is 9.36 Å². The normalized spacial score (nSPS) is 15.8. The third-order valence-corrected chi connectivity index (χ3v) is 2.43. The maximum atomic E-state index is 11.5. The Morgan fingerprint density at radius 2 is 2.21 bits per heavy atom. The Labute approximate surface area is 80.6 Å². The van der Waals surface area contributed by atoms with Crippen molar-refractivity contribution in [3.8, 4) is 0 Å². The first kappa shape index (κ1) is 9.21. The zero-order valence-corrected chi connectivity index (χ0v) is 7.82. The monoisotopic (exact) mass is 195 g/mol. The molecule has 2 rings (SSSR count). The minimum atomic E-state index is -0.343. The predicted molar refractivity (Wildman–Crippen MR) is 51.9 cm³/mol. The Morgan fingerprint density at radius 3 is 2.71 bits per heavy atom. The molecule has 1 aromatic heterocycles. The van der Waals surface area contributed by atoms with Gasteiger partial charge in [0.2, 0.25) is 0 Å². The molecule has 1 aromatic rings. The number of hydrogen-bond donors (Lipinski definition) is 2. The molecule has 0 aliphatic heterocycles. The van der Waals surface area contributed by atoms with E-state index in [2.05, 4.69) is 4.98 Å². The van der Waals surface area contributed by atoms with Gasteiger partial charge in [-0.2, -0.15) is 0 Å². The van der Waals surface area contributed by atoms with Crippen LogP contribution in [0.25, 0.3) is 0 Å². The first-order valence-corrected chi connectivity index (χ1v) is 4.74. The topological polar surface area (TPSA) is 80.9 Å².